The Labute approximate surface area is 88.9 Å². The Morgan fingerprint density at radius 1 is 1.60 bits per heavy atom. The van der Waals surface area contributed by atoms with Gasteiger partial charge in [-0.3, -0.25) is 4.79 Å². The van der Waals surface area contributed by atoms with Crippen LogP contribution in [0.3, 0.4) is 0 Å². The minimum atomic E-state index is -0.513. The molecule has 0 aliphatic heterocycles. The number of carbonyl (C=O) groups excluding carboxylic acids is 1. The van der Waals surface area contributed by atoms with E-state index in [0.717, 1.165) is 12.2 Å². The van der Waals surface area contributed by atoms with Crippen molar-refractivity contribution in [3.8, 4) is 0 Å². The summed E-state index contributed by atoms with van der Waals surface area (Å²) in [5.41, 5.74) is 6.29. The lowest BCUT2D eigenvalue weighted by molar-refractivity contribution is 0.0995. The molecule has 2 N–H and O–H groups in total. The average Bonchev–Trinajstić information content (AvgIpc) is 2.26. The molecule has 0 aliphatic rings. The fourth-order valence-corrected chi connectivity index (χ4v) is 1.11. The molecule has 5 nitrogen and oxygen atoms in total. The first-order chi connectivity index (χ1) is 7.15. The molecule has 0 radical (unpaired) electrons. The lowest BCUT2D eigenvalue weighted by Crippen LogP contribution is -2.22. The Bertz CT molecular complexity index is 324. The molecule has 0 spiro atoms. The number of likely N-dealkylation sites (N-methyl/N-ethyl adjacent to an activating group) is 1. The number of nitrogens with zero attached hydrogens (tertiary/aromatic N) is 2. The molecule has 0 aliphatic carbocycles. The predicted octanol–water partition coefficient (Wildman–Crippen LogP) is 0.263. The molecule has 1 heterocycles. The Morgan fingerprint density at radius 2 is 2.33 bits per heavy atom. The Kier molecular flexibility index (Phi) is 4.05. The molecule has 82 valence electrons. The topological polar surface area (TPSA) is 68.5 Å². The maximum Gasteiger partial charge on any atom is 0.267 e. The normalized spacial score (nSPS) is 10.0. The minimum Gasteiger partial charge on any atom is -0.383 e. The Balaban J connectivity index is 2.66. The van der Waals surface area contributed by atoms with Gasteiger partial charge in [0.2, 0.25) is 0 Å². The van der Waals surface area contributed by atoms with E-state index in [4.69, 9.17) is 10.5 Å². The maximum atomic E-state index is 10.8. The molecule has 1 aromatic heterocycles. The largest absolute Gasteiger partial charge is 0.383 e. The van der Waals surface area contributed by atoms with Gasteiger partial charge < -0.3 is 15.4 Å². The van der Waals surface area contributed by atoms with Crippen LogP contribution in [0.25, 0.3) is 0 Å². The number of amides is 1. The standard InChI is InChI=1S/C10H15N3O2/c1-13(5-6-15-2)8-3-4-9(10(11)14)12-7-8/h3-4,7H,5-6H2,1-2H3,(H2,11,14). The number of pyridine rings is 1. The van der Waals surface area contributed by atoms with E-state index in [1.807, 2.05) is 18.0 Å². The van der Waals surface area contributed by atoms with Crippen LogP contribution in [0.2, 0.25) is 0 Å². The zero-order valence-electron chi connectivity index (χ0n) is 8.93. The van der Waals surface area contributed by atoms with Crippen LogP contribution in [-0.4, -0.2) is 38.2 Å². The number of ether oxygens (including phenoxy) is 1. The Morgan fingerprint density at radius 3 is 2.80 bits per heavy atom. The molecular formula is C10H15N3O2. The molecule has 0 fully saturated rings. The van der Waals surface area contributed by atoms with Crippen molar-refractivity contribution in [3.63, 3.8) is 0 Å². The number of primary amides is 1. The molecule has 0 aromatic carbocycles. The number of anilines is 1. The quantitative estimate of drug-likeness (QED) is 0.755. The summed E-state index contributed by atoms with van der Waals surface area (Å²) in [4.78, 5) is 16.7. The van der Waals surface area contributed by atoms with E-state index in [1.165, 1.54) is 0 Å². The highest BCUT2D eigenvalue weighted by Gasteiger charge is 2.04. The van der Waals surface area contributed by atoms with Gasteiger partial charge in [-0.1, -0.05) is 0 Å². The second-order valence-corrected chi connectivity index (χ2v) is 3.18. The molecule has 0 saturated carbocycles. The average molecular weight is 209 g/mol. The van der Waals surface area contributed by atoms with E-state index in [9.17, 15) is 4.79 Å². The van der Waals surface area contributed by atoms with Crippen molar-refractivity contribution >= 4 is 11.6 Å². The number of methoxy groups -OCH3 is 1. The van der Waals surface area contributed by atoms with E-state index in [-0.39, 0.29) is 5.69 Å². The minimum absolute atomic E-state index is 0.277. The first-order valence-corrected chi connectivity index (χ1v) is 4.61. The van der Waals surface area contributed by atoms with Gasteiger partial charge in [0, 0.05) is 20.7 Å². The first kappa shape index (κ1) is 11.5. The molecule has 15 heavy (non-hydrogen) atoms. The van der Waals surface area contributed by atoms with Crippen LogP contribution >= 0.6 is 0 Å². The molecule has 0 bridgehead atoms. The van der Waals surface area contributed by atoms with Gasteiger partial charge in [0.1, 0.15) is 5.69 Å². The van der Waals surface area contributed by atoms with Crippen molar-refractivity contribution < 1.29 is 9.53 Å². The third-order valence-electron chi connectivity index (χ3n) is 2.07. The Hall–Kier alpha value is -1.62. The van der Waals surface area contributed by atoms with Crippen LogP contribution in [0.1, 0.15) is 10.5 Å². The molecule has 5 heteroatoms. The fraction of sp³-hybridized carbons (Fsp3) is 0.400. The molecule has 0 atom stereocenters. The van der Waals surface area contributed by atoms with Crippen LogP contribution in [0.5, 0.6) is 0 Å². The lowest BCUT2D eigenvalue weighted by Gasteiger charge is -2.18. The first-order valence-electron chi connectivity index (χ1n) is 4.61. The lowest BCUT2D eigenvalue weighted by atomic mass is 10.3. The summed E-state index contributed by atoms with van der Waals surface area (Å²) < 4.78 is 4.96. The molecule has 0 saturated heterocycles. The zero-order chi connectivity index (χ0) is 11.3. The number of hydrogen-bond acceptors (Lipinski definition) is 4. The van der Waals surface area contributed by atoms with Crippen LogP contribution < -0.4 is 10.6 Å². The smallest absolute Gasteiger partial charge is 0.267 e. The summed E-state index contributed by atoms with van der Waals surface area (Å²) in [6.45, 7) is 1.42. The van der Waals surface area contributed by atoms with Crippen molar-refractivity contribution in [1.82, 2.24) is 4.98 Å². The zero-order valence-corrected chi connectivity index (χ0v) is 8.93. The van der Waals surface area contributed by atoms with Crippen LogP contribution in [0, 0.1) is 0 Å². The summed E-state index contributed by atoms with van der Waals surface area (Å²) in [6.07, 6.45) is 1.62. The number of hydrogen-bond donors (Lipinski definition) is 1. The summed E-state index contributed by atoms with van der Waals surface area (Å²) in [6, 6.07) is 3.42. The molecular weight excluding hydrogens is 194 g/mol. The van der Waals surface area contributed by atoms with Crippen molar-refractivity contribution in [2.75, 3.05) is 32.2 Å². The number of aromatic nitrogens is 1. The summed E-state index contributed by atoms with van der Waals surface area (Å²) in [5.74, 6) is -0.513. The molecule has 1 aromatic rings. The summed E-state index contributed by atoms with van der Waals surface area (Å²) >= 11 is 0. The van der Waals surface area contributed by atoms with Crippen molar-refractivity contribution in [1.29, 1.82) is 0 Å². The molecule has 0 unspecified atom stereocenters. The van der Waals surface area contributed by atoms with E-state index >= 15 is 0 Å². The van der Waals surface area contributed by atoms with Crippen LogP contribution in [0.15, 0.2) is 18.3 Å². The maximum absolute atomic E-state index is 10.8. The van der Waals surface area contributed by atoms with E-state index in [0.29, 0.717) is 6.61 Å². The predicted molar refractivity (Wildman–Crippen MR) is 57.9 cm³/mol. The highest BCUT2D eigenvalue weighted by atomic mass is 16.5. The van der Waals surface area contributed by atoms with Crippen molar-refractivity contribution in [2.45, 2.75) is 0 Å². The van der Waals surface area contributed by atoms with Gasteiger partial charge in [-0.2, -0.15) is 0 Å². The van der Waals surface area contributed by atoms with Crippen LogP contribution in [-0.2, 0) is 4.74 Å². The molecule has 1 amide bonds. The van der Waals surface area contributed by atoms with E-state index in [2.05, 4.69) is 4.98 Å². The van der Waals surface area contributed by atoms with Gasteiger partial charge in [-0.25, -0.2) is 4.98 Å². The van der Waals surface area contributed by atoms with Crippen LogP contribution in [0.4, 0.5) is 5.69 Å². The number of carbonyl (C=O) groups is 1. The van der Waals surface area contributed by atoms with Gasteiger partial charge in [0.15, 0.2) is 0 Å². The third kappa shape index (κ3) is 3.21. The highest BCUT2D eigenvalue weighted by molar-refractivity contribution is 5.90. The van der Waals surface area contributed by atoms with Gasteiger partial charge in [-0.05, 0) is 12.1 Å². The van der Waals surface area contributed by atoms with Gasteiger partial charge in [-0.15, -0.1) is 0 Å². The monoisotopic (exact) mass is 209 g/mol. The SMILES string of the molecule is COCCN(C)c1ccc(C(N)=O)nc1. The second-order valence-electron chi connectivity index (χ2n) is 3.18. The number of rotatable bonds is 5. The van der Waals surface area contributed by atoms with Gasteiger partial charge in [0.05, 0.1) is 18.5 Å². The van der Waals surface area contributed by atoms with Gasteiger partial charge in [0.25, 0.3) is 5.91 Å². The highest BCUT2D eigenvalue weighted by Crippen LogP contribution is 2.10. The molecule has 1 rings (SSSR count). The van der Waals surface area contributed by atoms with Crippen molar-refractivity contribution in [3.05, 3.63) is 24.0 Å². The van der Waals surface area contributed by atoms with Gasteiger partial charge >= 0.3 is 0 Å². The van der Waals surface area contributed by atoms with E-state index < -0.39 is 5.91 Å². The van der Waals surface area contributed by atoms with Crippen molar-refractivity contribution in [2.24, 2.45) is 5.73 Å². The second kappa shape index (κ2) is 5.31. The fourth-order valence-electron chi connectivity index (χ4n) is 1.11. The van der Waals surface area contributed by atoms with E-state index in [1.54, 1.807) is 19.4 Å². The summed E-state index contributed by atoms with van der Waals surface area (Å²) in [7, 11) is 3.59. The summed E-state index contributed by atoms with van der Waals surface area (Å²) in [5, 5.41) is 0. The number of nitrogens with two attached hydrogens (primary N) is 1. The third-order valence-corrected chi connectivity index (χ3v) is 2.07.